The fourth-order valence-corrected chi connectivity index (χ4v) is 2.28. The Bertz CT molecular complexity index is 507. The van der Waals surface area contributed by atoms with E-state index in [1.807, 2.05) is 0 Å². The van der Waals surface area contributed by atoms with E-state index in [9.17, 15) is 0 Å². The molecule has 0 heterocycles. The van der Waals surface area contributed by atoms with Crippen LogP contribution in [-0.2, 0) is 0 Å². The van der Waals surface area contributed by atoms with Gasteiger partial charge in [-0.1, -0.05) is 68.8 Å². The summed E-state index contributed by atoms with van der Waals surface area (Å²) in [6.45, 7) is 13.2. The monoisotopic (exact) mass is 268 g/mol. The first kappa shape index (κ1) is 16.5. The number of hydrogen-bond donors (Lipinski definition) is 0. The first-order valence-corrected chi connectivity index (χ1v) is 7.58. The molecule has 0 saturated carbocycles. The molecule has 0 bridgehead atoms. The Kier molecular flexibility index (Phi) is 6.51. The second kappa shape index (κ2) is 7.89. The topological polar surface area (TPSA) is 0 Å². The van der Waals surface area contributed by atoms with Crippen LogP contribution in [0, 0.1) is 12.8 Å². The molecule has 0 aliphatic rings. The third-order valence-corrected chi connectivity index (χ3v) is 3.34. The standard InChI is InChI=1S/C20H28/c1-7-8-20(17(5)13-15(2)3)14-18(6)19-11-9-16(4)10-12-19/h8-15H,7H2,1-6H3/b17-13-,18-14+,20-8-. The van der Waals surface area contributed by atoms with Crippen LogP contribution >= 0.6 is 0 Å². The van der Waals surface area contributed by atoms with E-state index in [-0.39, 0.29) is 0 Å². The molecular weight excluding hydrogens is 240 g/mol. The van der Waals surface area contributed by atoms with Crippen molar-refractivity contribution >= 4 is 5.57 Å². The summed E-state index contributed by atoms with van der Waals surface area (Å²) in [4.78, 5) is 0. The van der Waals surface area contributed by atoms with Gasteiger partial charge in [0.05, 0.1) is 0 Å². The van der Waals surface area contributed by atoms with Gasteiger partial charge in [-0.25, -0.2) is 0 Å². The summed E-state index contributed by atoms with van der Waals surface area (Å²) in [5, 5.41) is 0. The normalized spacial score (nSPS) is 14.1. The van der Waals surface area contributed by atoms with E-state index in [1.54, 1.807) is 0 Å². The van der Waals surface area contributed by atoms with Crippen LogP contribution in [0.5, 0.6) is 0 Å². The van der Waals surface area contributed by atoms with Crippen molar-refractivity contribution in [3.8, 4) is 0 Å². The minimum absolute atomic E-state index is 0.586. The van der Waals surface area contributed by atoms with Crippen LogP contribution in [0.15, 0.2) is 53.6 Å². The molecule has 0 atom stereocenters. The molecule has 0 unspecified atom stereocenters. The Balaban J connectivity index is 3.08. The largest absolute Gasteiger partial charge is 0.0784 e. The molecular formula is C20H28. The van der Waals surface area contributed by atoms with E-state index in [0.29, 0.717) is 5.92 Å². The number of rotatable bonds is 5. The molecule has 0 spiro atoms. The number of hydrogen-bond acceptors (Lipinski definition) is 0. The van der Waals surface area contributed by atoms with Gasteiger partial charge < -0.3 is 0 Å². The Morgan fingerprint density at radius 1 is 1.10 bits per heavy atom. The van der Waals surface area contributed by atoms with Gasteiger partial charge in [0.25, 0.3) is 0 Å². The van der Waals surface area contributed by atoms with E-state index >= 15 is 0 Å². The molecule has 0 amide bonds. The Morgan fingerprint density at radius 2 is 1.70 bits per heavy atom. The molecule has 1 aromatic rings. The molecule has 108 valence electrons. The molecule has 0 nitrogen and oxygen atoms in total. The van der Waals surface area contributed by atoms with Crippen molar-refractivity contribution in [2.75, 3.05) is 0 Å². The van der Waals surface area contributed by atoms with Crippen LogP contribution in [0.1, 0.15) is 52.2 Å². The number of allylic oxidation sites excluding steroid dienone is 6. The highest BCUT2D eigenvalue weighted by atomic mass is 14.1. The van der Waals surface area contributed by atoms with Crippen LogP contribution in [-0.4, -0.2) is 0 Å². The molecule has 0 N–H and O–H groups in total. The predicted molar refractivity (Wildman–Crippen MR) is 91.8 cm³/mol. The smallest absolute Gasteiger partial charge is 0.0227 e. The van der Waals surface area contributed by atoms with Crippen LogP contribution in [0.3, 0.4) is 0 Å². The average Bonchev–Trinajstić information content (AvgIpc) is 2.38. The van der Waals surface area contributed by atoms with Gasteiger partial charge in [-0.05, 0) is 55.4 Å². The molecule has 0 radical (unpaired) electrons. The zero-order valence-electron chi connectivity index (χ0n) is 13.8. The van der Waals surface area contributed by atoms with Crippen molar-refractivity contribution in [3.05, 3.63) is 64.8 Å². The highest BCUT2D eigenvalue weighted by Crippen LogP contribution is 2.21. The third-order valence-electron chi connectivity index (χ3n) is 3.34. The lowest BCUT2D eigenvalue weighted by Gasteiger charge is -2.08. The van der Waals surface area contributed by atoms with Gasteiger partial charge in [0.15, 0.2) is 0 Å². The number of benzene rings is 1. The van der Waals surface area contributed by atoms with E-state index in [2.05, 4.69) is 84.0 Å². The fourth-order valence-electron chi connectivity index (χ4n) is 2.28. The molecule has 0 aromatic heterocycles. The van der Waals surface area contributed by atoms with Gasteiger partial charge in [-0.2, -0.15) is 0 Å². The second-order valence-electron chi connectivity index (χ2n) is 5.85. The molecule has 0 fully saturated rings. The van der Waals surface area contributed by atoms with Crippen molar-refractivity contribution in [1.29, 1.82) is 0 Å². The van der Waals surface area contributed by atoms with Gasteiger partial charge >= 0.3 is 0 Å². The summed E-state index contributed by atoms with van der Waals surface area (Å²) in [6.07, 6.45) is 8.02. The van der Waals surface area contributed by atoms with Gasteiger partial charge in [0, 0.05) is 0 Å². The first-order chi connectivity index (χ1) is 9.43. The lowest BCUT2D eigenvalue weighted by Crippen LogP contribution is -1.89. The molecule has 0 aliphatic heterocycles. The number of aryl methyl sites for hydroxylation is 1. The van der Waals surface area contributed by atoms with Gasteiger partial charge in [-0.3, -0.25) is 0 Å². The molecule has 0 aliphatic carbocycles. The maximum atomic E-state index is 2.33. The van der Waals surface area contributed by atoms with Gasteiger partial charge in [0.2, 0.25) is 0 Å². The molecule has 0 heteroatoms. The molecule has 20 heavy (non-hydrogen) atoms. The van der Waals surface area contributed by atoms with Gasteiger partial charge in [0.1, 0.15) is 0 Å². The zero-order chi connectivity index (χ0) is 15.1. The van der Waals surface area contributed by atoms with E-state index in [0.717, 1.165) is 6.42 Å². The van der Waals surface area contributed by atoms with Crippen molar-refractivity contribution in [1.82, 2.24) is 0 Å². The molecule has 1 aromatic carbocycles. The third kappa shape index (κ3) is 5.21. The fraction of sp³-hybridized carbons (Fsp3) is 0.400. The van der Waals surface area contributed by atoms with Gasteiger partial charge in [-0.15, -0.1) is 0 Å². The highest BCUT2D eigenvalue weighted by Gasteiger charge is 2.01. The van der Waals surface area contributed by atoms with E-state index in [1.165, 1.54) is 27.8 Å². The van der Waals surface area contributed by atoms with Crippen LogP contribution < -0.4 is 0 Å². The summed E-state index contributed by atoms with van der Waals surface area (Å²) in [5.74, 6) is 0.586. The van der Waals surface area contributed by atoms with Crippen molar-refractivity contribution in [2.45, 2.75) is 48.0 Å². The molecule has 1 rings (SSSR count). The minimum atomic E-state index is 0.586. The summed E-state index contributed by atoms with van der Waals surface area (Å²) in [5.41, 5.74) is 6.64. The first-order valence-electron chi connectivity index (χ1n) is 7.58. The Morgan fingerprint density at radius 3 is 2.20 bits per heavy atom. The Labute approximate surface area is 124 Å². The van der Waals surface area contributed by atoms with E-state index in [4.69, 9.17) is 0 Å². The summed E-state index contributed by atoms with van der Waals surface area (Å²) in [7, 11) is 0. The van der Waals surface area contributed by atoms with Crippen LogP contribution in [0.4, 0.5) is 0 Å². The summed E-state index contributed by atoms with van der Waals surface area (Å²) in [6, 6.07) is 8.75. The lowest BCUT2D eigenvalue weighted by atomic mass is 9.97. The SMILES string of the molecule is CC/C=C(/C=C(\C)c1ccc(C)cc1)C(\C)=C/C(C)C. The Hall–Kier alpha value is -1.56. The minimum Gasteiger partial charge on any atom is -0.0784 e. The van der Waals surface area contributed by atoms with Crippen LogP contribution in [0.25, 0.3) is 5.57 Å². The zero-order valence-corrected chi connectivity index (χ0v) is 13.8. The summed E-state index contributed by atoms with van der Waals surface area (Å²) >= 11 is 0. The maximum absolute atomic E-state index is 2.33. The predicted octanol–water partition coefficient (Wildman–Crippen LogP) is 6.34. The second-order valence-corrected chi connectivity index (χ2v) is 5.85. The quantitative estimate of drug-likeness (QED) is 0.547. The average molecular weight is 268 g/mol. The lowest BCUT2D eigenvalue weighted by molar-refractivity contribution is 0.823. The maximum Gasteiger partial charge on any atom is -0.0227 e. The highest BCUT2D eigenvalue weighted by molar-refractivity contribution is 5.68. The van der Waals surface area contributed by atoms with Crippen LogP contribution in [0.2, 0.25) is 0 Å². The van der Waals surface area contributed by atoms with Crippen molar-refractivity contribution < 1.29 is 0 Å². The van der Waals surface area contributed by atoms with E-state index < -0.39 is 0 Å². The summed E-state index contributed by atoms with van der Waals surface area (Å²) < 4.78 is 0. The van der Waals surface area contributed by atoms with Crippen molar-refractivity contribution in [2.24, 2.45) is 5.92 Å². The van der Waals surface area contributed by atoms with Crippen molar-refractivity contribution in [3.63, 3.8) is 0 Å². The molecule has 0 saturated heterocycles.